The number of amides is 3. The lowest BCUT2D eigenvalue weighted by atomic mass is 10.2. The van der Waals surface area contributed by atoms with E-state index < -0.39 is 11.9 Å². The first-order chi connectivity index (χ1) is 15.7. The Bertz CT molecular complexity index is 1170. The minimum Gasteiger partial charge on any atom is -0.486 e. The molecule has 32 heavy (non-hydrogen) atoms. The lowest BCUT2D eigenvalue weighted by molar-refractivity contribution is 0.0904. The van der Waals surface area contributed by atoms with Crippen LogP contribution in [0.4, 0.5) is 4.79 Å². The van der Waals surface area contributed by atoms with E-state index in [2.05, 4.69) is 21.2 Å². The number of nitrogens with zero attached hydrogens (tertiary/aromatic N) is 2. The lowest BCUT2D eigenvalue weighted by Crippen LogP contribution is -2.46. The molecule has 0 aliphatic carbocycles. The number of imidazole rings is 1. The van der Waals surface area contributed by atoms with Crippen LogP contribution in [0.5, 0.6) is 5.75 Å². The fourth-order valence-electron chi connectivity index (χ4n) is 2.96. The van der Waals surface area contributed by atoms with Gasteiger partial charge in [-0.05, 0) is 35.9 Å². The Morgan fingerprint density at radius 1 is 0.969 bits per heavy atom. The number of nitrogens with one attached hydrogen (secondary N) is 3. The van der Waals surface area contributed by atoms with Gasteiger partial charge in [-0.15, -0.1) is 0 Å². The van der Waals surface area contributed by atoms with Gasteiger partial charge in [0.15, 0.2) is 5.76 Å². The Morgan fingerprint density at radius 3 is 2.59 bits per heavy atom. The van der Waals surface area contributed by atoms with Crippen LogP contribution in [0.15, 0.2) is 89.9 Å². The molecule has 0 atom stereocenters. The SMILES string of the molecule is O=C(NCc1ccccc1-n1ccnc1)NNC(=O)c1ccc(COc2ccccc2)o1. The number of carbonyl (C=O) groups is 2. The fourth-order valence-corrected chi connectivity index (χ4v) is 2.96. The smallest absolute Gasteiger partial charge is 0.333 e. The Balaban J connectivity index is 1.24. The highest BCUT2D eigenvalue weighted by Gasteiger charge is 2.13. The summed E-state index contributed by atoms with van der Waals surface area (Å²) >= 11 is 0. The van der Waals surface area contributed by atoms with Crippen LogP contribution in [0, 0.1) is 0 Å². The van der Waals surface area contributed by atoms with E-state index in [1.165, 1.54) is 6.07 Å². The Morgan fingerprint density at radius 2 is 1.78 bits per heavy atom. The summed E-state index contributed by atoms with van der Waals surface area (Å²) in [5.74, 6) is 0.662. The van der Waals surface area contributed by atoms with Gasteiger partial charge in [0.25, 0.3) is 0 Å². The Hall–Kier alpha value is -4.53. The average Bonchev–Trinajstić information content (AvgIpc) is 3.53. The number of benzene rings is 2. The molecule has 3 amide bonds. The van der Waals surface area contributed by atoms with Crippen LogP contribution in [0.1, 0.15) is 21.9 Å². The molecule has 0 fully saturated rings. The molecule has 2 aromatic heterocycles. The number of ether oxygens (including phenoxy) is 1. The van der Waals surface area contributed by atoms with E-state index in [-0.39, 0.29) is 18.9 Å². The highest BCUT2D eigenvalue weighted by atomic mass is 16.5. The Labute approximate surface area is 184 Å². The van der Waals surface area contributed by atoms with E-state index in [0.29, 0.717) is 11.5 Å². The van der Waals surface area contributed by atoms with Crippen LogP contribution in [0.25, 0.3) is 5.69 Å². The molecule has 9 nitrogen and oxygen atoms in total. The molecule has 9 heteroatoms. The number of rotatable bonds is 7. The van der Waals surface area contributed by atoms with Crippen LogP contribution in [0.2, 0.25) is 0 Å². The van der Waals surface area contributed by atoms with Crippen LogP contribution >= 0.6 is 0 Å². The lowest BCUT2D eigenvalue weighted by Gasteiger charge is -2.12. The van der Waals surface area contributed by atoms with Crippen molar-refractivity contribution in [2.24, 2.45) is 0 Å². The molecule has 2 heterocycles. The summed E-state index contributed by atoms with van der Waals surface area (Å²) in [6.45, 7) is 0.444. The molecule has 0 aliphatic heterocycles. The van der Waals surface area contributed by atoms with Crippen LogP contribution in [0.3, 0.4) is 0 Å². The maximum absolute atomic E-state index is 12.2. The molecular formula is C23H21N5O4. The molecule has 0 saturated carbocycles. The summed E-state index contributed by atoms with van der Waals surface area (Å²) in [6, 6.07) is 19.5. The first kappa shape index (κ1) is 20.7. The van der Waals surface area contributed by atoms with Gasteiger partial charge in [-0.1, -0.05) is 36.4 Å². The maximum atomic E-state index is 12.2. The van der Waals surface area contributed by atoms with Crippen molar-refractivity contribution in [3.8, 4) is 11.4 Å². The summed E-state index contributed by atoms with van der Waals surface area (Å²) < 4.78 is 12.9. The predicted octanol–water partition coefficient (Wildman–Crippen LogP) is 3.19. The second-order valence-electron chi connectivity index (χ2n) is 6.73. The van der Waals surface area contributed by atoms with E-state index in [1.807, 2.05) is 65.4 Å². The number of aromatic nitrogens is 2. The molecule has 2 aromatic carbocycles. The number of furan rings is 1. The van der Waals surface area contributed by atoms with Crippen molar-refractivity contribution in [3.05, 3.63) is 103 Å². The topological polar surface area (TPSA) is 110 Å². The van der Waals surface area contributed by atoms with Crippen molar-refractivity contribution in [2.45, 2.75) is 13.2 Å². The van der Waals surface area contributed by atoms with E-state index in [4.69, 9.17) is 9.15 Å². The van der Waals surface area contributed by atoms with Crippen LogP contribution in [-0.2, 0) is 13.2 Å². The molecule has 4 rings (SSSR count). The van der Waals surface area contributed by atoms with Gasteiger partial charge >= 0.3 is 11.9 Å². The van der Waals surface area contributed by atoms with Gasteiger partial charge in [-0.25, -0.2) is 15.2 Å². The standard InChI is InChI=1S/C23H21N5O4/c29-22(21-11-10-19(32-21)15-31-18-7-2-1-3-8-18)26-27-23(30)25-14-17-6-4-5-9-20(17)28-13-12-24-16-28/h1-13,16H,14-15H2,(H,26,29)(H2,25,27,30). The van der Waals surface area contributed by atoms with Crippen molar-refractivity contribution in [3.63, 3.8) is 0 Å². The number of hydrazine groups is 1. The molecule has 4 aromatic rings. The second kappa shape index (κ2) is 9.98. The van der Waals surface area contributed by atoms with Gasteiger partial charge in [-0.2, -0.15) is 0 Å². The van der Waals surface area contributed by atoms with E-state index in [9.17, 15) is 9.59 Å². The molecule has 0 unspecified atom stereocenters. The highest BCUT2D eigenvalue weighted by Crippen LogP contribution is 2.15. The molecule has 0 radical (unpaired) electrons. The summed E-state index contributed by atoms with van der Waals surface area (Å²) in [4.78, 5) is 28.4. The van der Waals surface area contributed by atoms with Crippen molar-refractivity contribution < 1.29 is 18.7 Å². The number of hydrogen-bond acceptors (Lipinski definition) is 5. The van der Waals surface area contributed by atoms with Crippen LogP contribution in [-0.4, -0.2) is 21.5 Å². The zero-order chi connectivity index (χ0) is 22.2. The molecule has 0 saturated heterocycles. The normalized spacial score (nSPS) is 10.4. The van der Waals surface area contributed by atoms with Crippen molar-refractivity contribution in [2.75, 3.05) is 0 Å². The molecular weight excluding hydrogens is 410 g/mol. The second-order valence-corrected chi connectivity index (χ2v) is 6.73. The maximum Gasteiger partial charge on any atom is 0.333 e. The van der Waals surface area contributed by atoms with Crippen molar-refractivity contribution in [1.29, 1.82) is 0 Å². The zero-order valence-corrected chi connectivity index (χ0v) is 17.0. The number of hydrogen-bond donors (Lipinski definition) is 3. The summed E-state index contributed by atoms with van der Waals surface area (Å²) in [5, 5.41) is 2.70. The monoisotopic (exact) mass is 431 g/mol. The minimum absolute atomic E-state index is 0.0578. The molecule has 0 spiro atoms. The number of para-hydroxylation sites is 2. The van der Waals surface area contributed by atoms with E-state index >= 15 is 0 Å². The zero-order valence-electron chi connectivity index (χ0n) is 17.0. The minimum atomic E-state index is -0.579. The van der Waals surface area contributed by atoms with Crippen molar-refractivity contribution >= 4 is 11.9 Å². The summed E-state index contributed by atoms with van der Waals surface area (Å²) in [5.41, 5.74) is 6.41. The largest absolute Gasteiger partial charge is 0.486 e. The third-order valence-electron chi connectivity index (χ3n) is 4.51. The summed E-state index contributed by atoms with van der Waals surface area (Å²) in [6.07, 6.45) is 5.18. The van der Waals surface area contributed by atoms with Gasteiger partial charge < -0.3 is 19.0 Å². The van der Waals surface area contributed by atoms with Gasteiger partial charge in [-0.3, -0.25) is 10.2 Å². The Kier molecular flexibility index (Phi) is 6.47. The molecule has 0 bridgehead atoms. The van der Waals surface area contributed by atoms with Gasteiger partial charge in [0.2, 0.25) is 0 Å². The van der Waals surface area contributed by atoms with E-state index in [0.717, 1.165) is 11.3 Å². The third-order valence-corrected chi connectivity index (χ3v) is 4.51. The highest BCUT2D eigenvalue weighted by molar-refractivity contribution is 5.92. The quantitative estimate of drug-likeness (QED) is 0.389. The predicted molar refractivity (Wildman–Crippen MR) is 116 cm³/mol. The van der Waals surface area contributed by atoms with Gasteiger partial charge in [0.05, 0.1) is 12.0 Å². The average molecular weight is 431 g/mol. The number of carbonyl (C=O) groups excluding carboxylic acids is 2. The van der Waals surface area contributed by atoms with Gasteiger partial charge in [0, 0.05) is 18.9 Å². The van der Waals surface area contributed by atoms with Gasteiger partial charge in [0.1, 0.15) is 18.1 Å². The first-order valence-electron chi connectivity index (χ1n) is 9.86. The molecule has 3 N–H and O–H groups in total. The summed E-state index contributed by atoms with van der Waals surface area (Å²) in [7, 11) is 0. The molecule has 0 aliphatic rings. The first-order valence-corrected chi connectivity index (χ1v) is 9.86. The fraction of sp³-hybridized carbons (Fsp3) is 0.0870. The third kappa shape index (κ3) is 5.33. The van der Waals surface area contributed by atoms with Crippen LogP contribution < -0.4 is 20.9 Å². The van der Waals surface area contributed by atoms with Crippen molar-refractivity contribution in [1.82, 2.24) is 25.7 Å². The molecule has 162 valence electrons. The number of urea groups is 1. The van der Waals surface area contributed by atoms with E-state index in [1.54, 1.807) is 18.6 Å².